The van der Waals surface area contributed by atoms with E-state index in [0.29, 0.717) is 41.6 Å². The van der Waals surface area contributed by atoms with E-state index in [1.165, 1.54) is 50.4 Å². The van der Waals surface area contributed by atoms with E-state index in [0.717, 1.165) is 19.4 Å². The van der Waals surface area contributed by atoms with Crippen molar-refractivity contribution >= 4 is 81.8 Å². The zero-order valence-electron chi connectivity index (χ0n) is 53.7. The molecular weight excluding hydrogens is 1340 g/mol. The summed E-state index contributed by atoms with van der Waals surface area (Å²) in [7, 11) is 0. The van der Waals surface area contributed by atoms with E-state index in [9.17, 15) is 74.4 Å². The number of esters is 1. The Morgan fingerprint density at radius 2 is 1.47 bits per heavy atom. The molecule has 2 saturated heterocycles. The Kier molecular flexibility index (Phi) is 29.4. The lowest BCUT2D eigenvalue weighted by atomic mass is 9.96. The number of nitrogen functional groups attached to an aromatic ring is 1. The Balaban J connectivity index is 1.24. The Labute approximate surface area is 566 Å². The number of aromatic nitrogens is 6. The van der Waals surface area contributed by atoms with Gasteiger partial charge >= 0.3 is 5.97 Å². The van der Waals surface area contributed by atoms with E-state index in [-0.39, 0.29) is 60.0 Å². The number of aliphatic hydroxyl groups is 8. The second-order valence-electron chi connectivity index (χ2n) is 23.0. The predicted octanol–water partition coefficient (Wildman–Crippen LogP) is -8.45. The number of ether oxygens (including phenoxy) is 5. The highest BCUT2D eigenvalue weighted by Gasteiger charge is 2.54. The number of nitrogens with zero attached hydrogens (tertiary/aromatic N) is 6. The standard InChI is InChI=1S/C56H85N19O21S2/c1-20-34(72-47(75-45(20)59)26(12-32(58)80)67-13-25(57)46(60)86)51(90)74-36(42(27-14-63-19-68-27)95-55-44(40(84)38(82)30(15-76)94-55)96-54-41(85)43(92-24(5)79)39(83)31(16-77)93-54)52(91)69-22(3)37(81)21(2)48(87)73-35(23(4)78)50(89)65-11-8-33-70-29(18-97-33)53-71-28(17-98-53)49(88)64-9-6-7-10-66-56(61)62/h14,17-19,21-23,25-26,30-31,35-44,54-55,67,76-78,81-85H,6-13,15-16,57H2,1-5H3,(H2,58,80)(H2,60,86)(H,63,68)(H,64,88)(H,65,89)(H,69,91)(H,73,87)(H,74,90)(H2,59,72,75)(H4,61,62,66)/t21-,22+,23+,25-,26-,30?,31?,35-,36-,37-,38?,39?,40?,41?,42-,43?,44?,54?,55?/m0/s1. The first-order valence-electron chi connectivity index (χ1n) is 30.6. The summed E-state index contributed by atoms with van der Waals surface area (Å²) in [5.74, 6) is -9.78. The molecule has 0 spiro atoms. The van der Waals surface area contributed by atoms with Gasteiger partial charge in [-0.2, -0.15) is 0 Å². The van der Waals surface area contributed by atoms with Crippen molar-refractivity contribution in [2.75, 3.05) is 45.1 Å². The number of guanidine groups is 1. The molecule has 42 heteroatoms. The Morgan fingerprint density at radius 3 is 2.10 bits per heavy atom. The normalized spacial score (nSPS) is 23.6. The molecule has 0 aliphatic carbocycles. The minimum Gasteiger partial charge on any atom is -0.457 e. The van der Waals surface area contributed by atoms with Crippen LogP contribution >= 0.6 is 22.7 Å². The molecule has 4 aromatic heterocycles. The number of nitrogens with two attached hydrogens (primary N) is 6. The fourth-order valence-corrected chi connectivity index (χ4v) is 11.6. The van der Waals surface area contributed by atoms with Gasteiger partial charge in [0, 0.05) is 62.3 Å². The zero-order valence-corrected chi connectivity index (χ0v) is 55.3. The summed E-state index contributed by atoms with van der Waals surface area (Å²) in [6.07, 6.45) is -21.9. The molecule has 40 nitrogen and oxygen atoms in total. The van der Waals surface area contributed by atoms with Gasteiger partial charge in [-0.3, -0.25) is 43.3 Å². The van der Waals surface area contributed by atoms with E-state index in [1.54, 1.807) is 10.8 Å². The van der Waals surface area contributed by atoms with Crippen LogP contribution in [-0.2, 0) is 58.9 Å². The molecule has 7 amide bonds. The van der Waals surface area contributed by atoms with Gasteiger partial charge in [-0.05, 0) is 33.6 Å². The van der Waals surface area contributed by atoms with Crippen LogP contribution in [0.15, 0.2) is 28.3 Å². The maximum absolute atomic E-state index is 15.2. The second-order valence-corrected chi connectivity index (χ2v) is 24.8. The highest BCUT2D eigenvalue weighted by molar-refractivity contribution is 7.14. The van der Waals surface area contributed by atoms with Crippen LogP contribution in [0.5, 0.6) is 0 Å². The monoisotopic (exact) mass is 1420 g/mol. The van der Waals surface area contributed by atoms with Crippen LogP contribution in [0.25, 0.3) is 10.7 Å². The summed E-state index contributed by atoms with van der Waals surface area (Å²) in [5, 5.41) is 108. The number of unbranched alkanes of at least 4 members (excludes halogenated alkanes) is 1. The van der Waals surface area contributed by atoms with Crippen LogP contribution < -0.4 is 66.3 Å². The number of hydrogen-bond acceptors (Lipinski definition) is 32. The number of aromatic amines is 1. The van der Waals surface area contributed by atoms with Crippen molar-refractivity contribution in [2.45, 2.75) is 170 Å². The number of amides is 7. The van der Waals surface area contributed by atoms with Gasteiger partial charge in [0.1, 0.15) is 94.6 Å². The maximum atomic E-state index is 15.2. The number of anilines is 1. The molecule has 4 aromatic rings. The Hall–Kier alpha value is -8.18. The maximum Gasteiger partial charge on any atom is 0.303 e. The predicted molar refractivity (Wildman–Crippen MR) is 341 cm³/mol. The molecular formula is C56H85N19O21S2. The first-order valence-corrected chi connectivity index (χ1v) is 32.3. The number of imidazole rings is 1. The molecule has 6 rings (SSSR count). The van der Waals surface area contributed by atoms with Crippen molar-refractivity contribution in [3.05, 3.63) is 56.8 Å². The molecule has 6 heterocycles. The van der Waals surface area contributed by atoms with Gasteiger partial charge in [0.05, 0.1) is 72.7 Å². The van der Waals surface area contributed by atoms with E-state index in [2.05, 4.69) is 66.8 Å². The van der Waals surface area contributed by atoms with Crippen molar-refractivity contribution in [2.24, 2.45) is 39.6 Å². The topological polar surface area (TPSA) is 665 Å². The van der Waals surface area contributed by atoms with Gasteiger partial charge in [-0.15, -0.1) is 22.7 Å². The number of primary amides is 2. The molecule has 0 bridgehead atoms. The van der Waals surface area contributed by atoms with E-state index < -0.39 is 183 Å². The molecule has 0 radical (unpaired) electrons. The Bertz CT molecular complexity index is 3380. The van der Waals surface area contributed by atoms with Crippen LogP contribution in [0.2, 0.25) is 0 Å². The van der Waals surface area contributed by atoms with Crippen molar-refractivity contribution < 1.29 is 103 Å². The molecule has 542 valence electrons. The summed E-state index contributed by atoms with van der Waals surface area (Å²) in [4.78, 5) is 135. The minimum atomic E-state index is -2.18. The number of carbonyl (C=O) groups is 8. The summed E-state index contributed by atoms with van der Waals surface area (Å²) < 4.78 is 29.1. The van der Waals surface area contributed by atoms with Crippen LogP contribution in [0, 0.1) is 12.8 Å². The Morgan fingerprint density at radius 1 is 0.776 bits per heavy atom. The van der Waals surface area contributed by atoms with E-state index in [1.807, 2.05) is 0 Å². The number of carbonyl (C=O) groups excluding carboxylic acids is 8. The average Bonchev–Trinajstić information content (AvgIpc) is 0.827. The van der Waals surface area contributed by atoms with E-state index in [4.69, 9.17) is 58.1 Å². The molecule has 2 fully saturated rings. The number of aliphatic imine (C=N–C) groups is 1. The summed E-state index contributed by atoms with van der Waals surface area (Å²) >= 11 is 2.46. The number of hydrogen-bond donors (Lipinski definition) is 21. The van der Waals surface area contributed by atoms with Crippen LogP contribution in [0.1, 0.15) is 102 Å². The molecule has 19 atom stereocenters. The highest BCUT2D eigenvalue weighted by Crippen LogP contribution is 2.35. The molecule has 0 aromatic carbocycles. The van der Waals surface area contributed by atoms with Gasteiger partial charge in [0.15, 0.2) is 24.6 Å². The number of aliphatic hydroxyl groups excluding tert-OH is 8. The zero-order chi connectivity index (χ0) is 72.4. The minimum absolute atomic E-state index is 0.0162. The number of thiazole rings is 2. The molecule has 2 aliphatic rings. The molecule has 27 N–H and O–H groups in total. The van der Waals surface area contributed by atoms with Crippen LogP contribution in [-0.4, -0.2) is 261 Å². The fourth-order valence-electron chi connectivity index (χ4n) is 9.94. The van der Waals surface area contributed by atoms with Crippen molar-refractivity contribution in [1.29, 1.82) is 0 Å². The fraction of sp³-hybridized carbons (Fsp3) is 0.607. The molecule has 2 aliphatic heterocycles. The van der Waals surface area contributed by atoms with E-state index >= 15 is 4.79 Å². The summed E-state index contributed by atoms with van der Waals surface area (Å²) in [6, 6.07) is -7.85. The van der Waals surface area contributed by atoms with Gasteiger partial charge in [-0.1, -0.05) is 6.92 Å². The smallest absolute Gasteiger partial charge is 0.303 e. The quantitative estimate of drug-likeness (QED) is 0.00870. The molecule has 98 heavy (non-hydrogen) atoms. The third-order valence-corrected chi connectivity index (χ3v) is 17.3. The van der Waals surface area contributed by atoms with Gasteiger partial charge in [0.25, 0.3) is 11.8 Å². The van der Waals surface area contributed by atoms with Crippen molar-refractivity contribution in [1.82, 2.24) is 61.8 Å². The first kappa shape index (κ1) is 78.8. The van der Waals surface area contributed by atoms with Crippen LogP contribution in [0.3, 0.4) is 0 Å². The number of rotatable bonds is 36. The third kappa shape index (κ3) is 21.2. The number of H-pyrrole nitrogens is 1. The summed E-state index contributed by atoms with van der Waals surface area (Å²) in [6.45, 7) is 4.43. The van der Waals surface area contributed by atoms with Crippen molar-refractivity contribution in [3.8, 4) is 10.7 Å². The average molecular weight is 1420 g/mol. The third-order valence-electron chi connectivity index (χ3n) is 15.5. The lowest BCUT2D eigenvalue weighted by molar-refractivity contribution is -0.372. The second kappa shape index (κ2) is 36.6. The largest absolute Gasteiger partial charge is 0.457 e. The first-order chi connectivity index (χ1) is 46.3. The molecule has 10 unspecified atom stereocenters. The highest BCUT2D eigenvalue weighted by atomic mass is 32.1. The SMILES string of the molecule is CC(=O)OC1C(O)C(CO)OC(OC2C(O[C@@H](c3cnc[nH]3)[C@H](NC(=O)c3nc([C@H](CC(N)=O)NC[C@H](N)C(N)=O)nc(N)c3C)C(=O)N[C@H](C)[C@@H](O)[C@H](C)C(=O)N[C@H](C(=O)NCCc3nc(-c4nc(C(=O)NCCCCN=C(N)N)cs4)cs3)[C@@H](C)O)OC(CO)C(O)C2O)C1O. The van der Waals surface area contributed by atoms with Gasteiger partial charge in [0.2, 0.25) is 29.5 Å². The lowest BCUT2D eigenvalue weighted by Crippen LogP contribution is -2.65. The van der Waals surface area contributed by atoms with Gasteiger partial charge in [-0.25, -0.2) is 24.9 Å². The van der Waals surface area contributed by atoms with Crippen molar-refractivity contribution in [3.63, 3.8) is 0 Å². The summed E-state index contributed by atoms with van der Waals surface area (Å²) in [5.41, 5.74) is 33.5. The molecule has 0 saturated carbocycles. The lowest BCUT2D eigenvalue weighted by Gasteiger charge is -2.47. The van der Waals surface area contributed by atoms with Gasteiger partial charge < -0.3 is 136 Å². The number of nitrogens with one attached hydrogen (secondary N) is 7. The van der Waals surface area contributed by atoms with Crippen LogP contribution in [0.4, 0.5) is 5.82 Å².